The van der Waals surface area contributed by atoms with Crippen LogP contribution < -0.4 is 4.90 Å². The fourth-order valence-corrected chi connectivity index (χ4v) is 4.53. The van der Waals surface area contributed by atoms with E-state index in [1.54, 1.807) is 0 Å². The third kappa shape index (κ3) is 3.73. The van der Waals surface area contributed by atoms with Crippen molar-refractivity contribution in [2.75, 3.05) is 37.3 Å². The van der Waals surface area contributed by atoms with Crippen molar-refractivity contribution in [2.24, 2.45) is 0 Å². The van der Waals surface area contributed by atoms with Gasteiger partial charge in [0.05, 0.1) is 16.6 Å². The summed E-state index contributed by atoms with van der Waals surface area (Å²) in [5.74, 6) is 0. The number of hydrogen-bond donors (Lipinski definition) is 0. The van der Waals surface area contributed by atoms with Gasteiger partial charge >= 0.3 is 0 Å². The van der Waals surface area contributed by atoms with E-state index in [1.807, 2.05) is 12.1 Å². The van der Waals surface area contributed by atoms with Crippen LogP contribution in [0, 0.1) is 0 Å². The van der Waals surface area contributed by atoms with Crippen molar-refractivity contribution in [1.29, 1.82) is 0 Å². The quantitative estimate of drug-likeness (QED) is 0.799. The monoisotopic (exact) mass is 372 g/mol. The Hall–Kier alpha value is -1.99. The van der Waals surface area contributed by atoms with Crippen LogP contribution in [0.3, 0.4) is 0 Å². The fourth-order valence-electron chi connectivity index (χ4n) is 3.57. The van der Waals surface area contributed by atoms with Crippen LogP contribution >= 0.6 is 0 Å². The summed E-state index contributed by atoms with van der Waals surface area (Å²) in [5, 5.41) is 8.43. The van der Waals surface area contributed by atoms with Crippen LogP contribution in [-0.4, -0.2) is 61.2 Å². The van der Waals surface area contributed by atoms with E-state index < -0.39 is 9.84 Å². The molecule has 0 atom stereocenters. The van der Waals surface area contributed by atoms with Crippen LogP contribution in [0.25, 0.3) is 11.3 Å². The van der Waals surface area contributed by atoms with Crippen molar-refractivity contribution in [3.05, 3.63) is 42.1 Å². The van der Waals surface area contributed by atoms with Gasteiger partial charge in [0.15, 0.2) is 9.84 Å². The van der Waals surface area contributed by atoms with Gasteiger partial charge in [-0.1, -0.05) is 12.1 Å². The summed E-state index contributed by atoms with van der Waals surface area (Å²) in [6.45, 7) is 4.10. The van der Waals surface area contributed by atoms with Crippen molar-refractivity contribution in [2.45, 2.75) is 24.6 Å². The molecule has 6 nitrogen and oxygen atoms in total. The van der Waals surface area contributed by atoms with Gasteiger partial charge in [-0.05, 0) is 37.1 Å². The van der Waals surface area contributed by atoms with E-state index >= 15 is 0 Å². The van der Waals surface area contributed by atoms with Crippen molar-refractivity contribution in [1.82, 2.24) is 15.1 Å². The highest BCUT2D eigenvalue weighted by Gasteiger charge is 2.34. The molecule has 138 valence electrons. The number of likely N-dealkylation sites (tertiary alicyclic amines) is 1. The minimum absolute atomic E-state index is 0.233. The number of aromatic nitrogens is 2. The Morgan fingerprint density at radius 3 is 2.27 bits per heavy atom. The molecule has 3 heterocycles. The molecule has 0 spiro atoms. The molecule has 0 bridgehead atoms. The summed E-state index contributed by atoms with van der Waals surface area (Å²) in [7, 11) is -2.93. The second-order valence-electron chi connectivity index (χ2n) is 7.30. The van der Waals surface area contributed by atoms with E-state index in [0.717, 1.165) is 30.0 Å². The average Bonchev–Trinajstić information content (AvgIpc) is 3.12. The van der Waals surface area contributed by atoms with Gasteiger partial charge in [0.25, 0.3) is 0 Å². The zero-order valence-electron chi connectivity index (χ0n) is 15.0. The Kier molecular flexibility index (Phi) is 4.67. The molecule has 2 aliphatic heterocycles. The summed E-state index contributed by atoms with van der Waals surface area (Å²) < 4.78 is 22.9. The molecule has 2 saturated heterocycles. The first-order valence-electron chi connectivity index (χ1n) is 9.08. The summed E-state index contributed by atoms with van der Waals surface area (Å²) in [6, 6.07) is 12.5. The Balaban J connectivity index is 1.37. The molecule has 2 aromatic rings. The summed E-state index contributed by atoms with van der Waals surface area (Å²) >= 11 is 0. The van der Waals surface area contributed by atoms with E-state index in [2.05, 4.69) is 44.3 Å². The number of anilines is 1. The molecule has 0 N–H and O–H groups in total. The standard InChI is InChI=1S/C19H24N4O2S/c1-26(24,25)18-13-22(14-18)12-16-6-9-19(21-20-16)15-4-7-17(8-5-15)23-10-2-3-11-23/h4-9,18H,2-3,10-14H2,1H3. The van der Waals surface area contributed by atoms with Crippen molar-refractivity contribution in [3.8, 4) is 11.3 Å². The van der Waals surface area contributed by atoms with Crippen LogP contribution in [0.2, 0.25) is 0 Å². The largest absolute Gasteiger partial charge is 0.372 e. The highest BCUT2D eigenvalue weighted by Crippen LogP contribution is 2.24. The normalized spacial score (nSPS) is 18.9. The van der Waals surface area contributed by atoms with Gasteiger partial charge in [0.2, 0.25) is 0 Å². The van der Waals surface area contributed by atoms with Gasteiger partial charge in [0, 0.05) is 50.2 Å². The first kappa shape index (κ1) is 17.4. The highest BCUT2D eigenvalue weighted by molar-refractivity contribution is 7.91. The zero-order chi connectivity index (χ0) is 18.1. The lowest BCUT2D eigenvalue weighted by Gasteiger charge is -2.37. The number of hydrogen-bond acceptors (Lipinski definition) is 6. The average molecular weight is 372 g/mol. The Morgan fingerprint density at radius 1 is 1.00 bits per heavy atom. The Morgan fingerprint density at radius 2 is 1.69 bits per heavy atom. The molecule has 0 saturated carbocycles. The van der Waals surface area contributed by atoms with Crippen LogP contribution in [0.4, 0.5) is 5.69 Å². The third-order valence-corrected chi connectivity index (χ3v) is 6.78. The lowest BCUT2D eigenvalue weighted by Crippen LogP contribution is -2.53. The molecule has 1 aromatic heterocycles. The molecule has 0 amide bonds. The van der Waals surface area contributed by atoms with Crippen molar-refractivity contribution < 1.29 is 8.42 Å². The van der Waals surface area contributed by atoms with Gasteiger partial charge in [0.1, 0.15) is 0 Å². The summed E-state index contributed by atoms with van der Waals surface area (Å²) in [5.41, 5.74) is 4.07. The van der Waals surface area contributed by atoms with E-state index in [1.165, 1.54) is 24.8 Å². The van der Waals surface area contributed by atoms with Gasteiger partial charge in [-0.15, -0.1) is 0 Å². The van der Waals surface area contributed by atoms with E-state index in [4.69, 9.17) is 0 Å². The molecule has 2 aliphatic rings. The molecule has 2 fully saturated rings. The predicted molar refractivity (Wildman–Crippen MR) is 103 cm³/mol. The SMILES string of the molecule is CS(=O)(=O)C1CN(Cc2ccc(-c3ccc(N4CCCC4)cc3)nn2)C1. The van der Waals surface area contributed by atoms with Crippen LogP contribution in [0.15, 0.2) is 36.4 Å². The maximum absolute atomic E-state index is 11.5. The van der Waals surface area contributed by atoms with Crippen LogP contribution in [0.5, 0.6) is 0 Å². The van der Waals surface area contributed by atoms with E-state index in [0.29, 0.717) is 19.6 Å². The second kappa shape index (κ2) is 6.96. The number of nitrogens with zero attached hydrogens (tertiary/aromatic N) is 4. The smallest absolute Gasteiger partial charge is 0.152 e. The molecule has 1 aromatic carbocycles. The zero-order valence-corrected chi connectivity index (χ0v) is 15.8. The molecule has 26 heavy (non-hydrogen) atoms. The lowest BCUT2D eigenvalue weighted by molar-refractivity contribution is 0.173. The lowest BCUT2D eigenvalue weighted by atomic mass is 10.1. The number of benzene rings is 1. The van der Waals surface area contributed by atoms with Crippen molar-refractivity contribution >= 4 is 15.5 Å². The summed E-state index contributed by atoms with van der Waals surface area (Å²) in [4.78, 5) is 4.50. The predicted octanol–water partition coefficient (Wildman–Crippen LogP) is 1.97. The molecular formula is C19H24N4O2S. The van der Waals surface area contributed by atoms with Crippen LogP contribution in [-0.2, 0) is 16.4 Å². The second-order valence-corrected chi connectivity index (χ2v) is 9.62. The van der Waals surface area contributed by atoms with E-state index in [-0.39, 0.29) is 5.25 Å². The third-order valence-electron chi connectivity index (χ3n) is 5.27. The van der Waals surface area contributed by atoms with Gasteiger partial charge in [-0.3, -0.25) is 4.90 Å². The number of sulfone groups is 1. The Bertz CT molecular complexity index is 853. The fraction of sp³-hybridized carbons (Fsp3) is 0.474. The molecule has 0 radical (unpaired) electrons. The molecule has 0 unspecified atom stereocenters. The Labute approximate surface area is 154 Å². The maximum Gasteiger partial charge on any atom is 0.152 e. The molecular weight excluding hydrogens is 348 g/mol. The topological polar surface area (TPSA) is 66.4 Å². The van der Waals surface area contributed by atoms with Gasteiger partial charge in [-0.25, -0.2) is 8.42 Å². The highest BCUT2D eigenvalue weighted by atomic mass is 32.2. The maximum atomic E-state index is 11.5. The van der Waals surface area contributed by atoms with Crippen LogP contribution in [0.1, 0.15) is 18.5 Å². The summed E-state index contributed by atoms with van der Waals surface area (Å²) in [6.07, 6.45) is 3.85. The van der Waals surface area contributed by atoms with E-state index in [9.17, 15) is 8.42 Å². The van der Waals surface area contributed by atoms with Crippen molar-refractivity contribution in [3.63, 3.8) is 0 Å². The minimum atomic E-state index is -2.93. The minimum Gasteiger partial charge on any atom is -0.372 e. The molecule has 0 aliphatic carbocycles. The van der Waals surface area contributed by atoms with Gasteiger partial charge < -0.3 is 4.90 Å². The molecule has 7 heteroatoms. The first-order valence-corrected chi connectivity index (χ1v) is 11.0. The van der Waals surface area contributed by atoms with Gasteiger partial charge in [-0.2, -0.15) is 10.2 Å². The number of rotatable bonds is 5. The first-order chi connectivity index (χ1) is 12.5. The molecule has 4 rings (SSSR count).